The maximum absolute atomic E-state index is 10.5. The maximum atomic E-state index is 10.5. The van der Waals surface area contributed by atoms with E-state index < -0.39 is 6.35 Å². The van der Waals surface area contributed by atoms with E-state index in [4.69, 9.17) is 23.7 Å². The van der Waals surface area contributed by atoms with Crippen LogP contribution in [0.1, 0.15) is 25.0 Å². The SMILES string of the molecule is CC(C)OCCOc1ccc2c(c1)CCN1C2=CC(OCC2COCCO2)=NC1O. The first kappa shape index (κ1) is 21.1. The monoisotopic (exact) mass is 418 g/mol. The van der Waals surface area contributed by atoms with Gasteiger partial charge in [-0.25, -0.2) is 0 Å². The second kappa shape index (κ2) is 9.78. The maximum Gasteiger partial charge on any atom is 0.229 e. The van der Waals surface area contributed by atoms with E-state index in [-0.39, 0.29) is 12.2 Å². The summed E-state index contributed by atoms with van der Waals surface area (Å²) in [6, 6.07) is 6.04. The van der Waals surface area contributed by atoms with Crippen molar-refractivity contribution in [3.8, 4) is 5.75 Å². The molecule has 4 rings (SSSR count). The van der Waals surface area contributed by atoms with Crippen molar-refractivity contribution in [2.45, 2.75) is 38.8 Å². The highest BCUT2D eigenvalue weighted by molar-refractivity contribution is 5.97. The third-order valence-electron chi connectivity index (χ3n) is 5.17. The highest BCUT2D eigenvalue weighted by Gasteiger charge is 2.30. The van der Waals surface area contributed by atoms with Crippen LogP contribution in [0.5, 0.6) is 5.75 Å². The van der Waals surface area contributed by atoms with E-state index >= 15 is 0 Å². The smallest absolute Gasteiger partial charge is 0.229 e. The second-order valence-corrected chi connectivity index (χ2v) is 7.75. The Labute approximate surface area is 177 Å². The molecule has 0 saturated carbocycles. The molecule has 3 heterocycles. The van der Waals surface area contributed by atoms with Gasteiger partial charge in [0, 0.05) is 18.2 Å². The quantitative estimate of drug-likeness (QED) is 0.677. The molecular weight excluding hydrogens is 388 g/mol. The summed E-state index contributed by atoms with van der Waals surface area (Å²) in [5.41, 5.74) is 3.14. The van der Waals surface area contributed by atoms with Crippen LogP contribution in [0.2, 0.25) is 0 Å². The summed E-state index contributed by atoms with van der Waals surface area (Å²) in [7, 11) is 0. The summed E-state index contributed by atoms with van der Waals surface area (Å²) in [6.07, 6.45) is 1.81. The third kappa shape index (κ3) is 5.13. The zero-order valence-electron chi connectivity index (χ0n) is 17.6. The first-order valence-electron chi connectivity index (χ1n) is 10.5. The summed E-state index contributed by atoms with van der Waals surface area (Å²) in [4.78, 5) is 6.15. The van der Waals surface area contributed by atoms with Crippen molar-refractivity contribution in [2.75, 3.05) is 46.2 Å². The molecule has 0 radical (unpaired) electrons. The van der Waals surface area contributed by atoms with Gasteiger partial charge in [-0.3, -0.25) is 0 Å². The Morgan fingerprint density at radius 3 is 2.93 bits per heavy atom. The Balaban J connectivity index is 1.42. The fraction of sp³-hybridized carbons (Fsp3) is 0.591. The van der Waals surface area contributed by atoms with E-state index in [0.717, 1.165) is 23.4 Å². The number of ether oxygens (including phenoxy) is 5. The molecule has 0 spiro atoms. The lowest BCUT2D eigenvalue weighted by Gasteiger charge is -2.37. The van der Waals surface area contributed by atoms with Crippen molar-refractivity contribution < 1.29 is 28.8 Å². The average Bonchev–Trinajstić information content (AvgIpc) is 2.75. The Morgan fingerprint density at radius 1 is 1.23 bits per heavy atom. The van der Waals surface area contributed by atoms with Gasteiger partial charge < -0.3 is 33.7 Å². The summed E-state index contributed by atoms with van der Waals surface area (Å²) < 4.78 is 28.2. The number of hydrogen-bond acceptors (Lipinski definition) is 8. The predicted molar refractivity (Wildman–Crippen MR) is 111 cm³/mol. The molecule has 8 heteroatoms. The zero-order chi connectivity index (χ0) is 20.9. The van der Waals surface area contributed by atoms with Crippen molar-refractivity contribution in [1.29, 1.82) is 0 Å². The third-order valence-corrected chi connectivity index (χ3v) is 5.17. The van der Waals surface area contributed by atoms with Gasteiger partial charge in [0.15, 0.2) is 0 Å². The first-order valence-corrected chi connectivity index (χ1v) is 10.5. The number of benzene rings is 1. The van der Waals surface area contributed by atoms with Crippen LogP contribution < -0.4 is 4.74 Å². The van der Waals surface area contributed by atoms with Crippen LogP contribution in [0.3, 0.4) is 0 Å². The number of rotatable bonds is 7. The van der Waals surface area contributed by atoms with Crippen molar-refractivity contribution in [3.05, 3.63) is 35.4 Å². The molecule has 0 aromatic heterocycles. The zero-order valence-corrected chi connectivity index (χ0v) is 17.6. The standard InChI is InChI=1S/C22H30N2O6/c1-15(2)27-9-10-28-17-3-4-19-16(11-17)5-6-24-20(19)12-21(23-22(24)25)30-14-18-13-26-7-8-29-18/h3-4,11-12,15,18,22,25H,5-10,13-14H2,1-2H3. The second-order valence-electron chi connectivity index (χ2n) is 7.75. The van der Waals surface area contributed by atoms with Gasteiger partial charge in [-0.05, 0) is 44.0 Å². The molecule has 3 aliphatic rings. The van der Waals surface area contributed by atoms with Crippen LogP contribution in [0.4, 0.5) is 0 Å². The van der Waals surface area contributed by atoms with E-state index in [9.17, 15) is 5.11 Å². The number of aliphatic hydroxyl groups is 1. The molecule has 8 nitrogen and oxygen atoms in total. The van der Waals surface area contributed by atoms with Crippen LogP contribution in [0.25, 0.3) is 5.70 Å². The van der Waals surface area contributed by atoms with E-state index in [0.29, 0.717) is 52.1 Å². The molecule has 0 bridgehead atoms. The Morgan fingerprint density at radius 2 is 2.13 bits per heavy atom. The molecule has 0 aliphatic carbocycles. The predicted octanol–water partition coefficient (Wildman–Crippen LogP) is 1.81. The number of fused-ring (bicyclic) bond motifs is 3. The largest absolute Gasteiger partial charge is 0.491 e. The van der Waals surface area contributed by atoms with E-state index in [2.05, 4.69) is 11.1 Å². The summed E-state index contributed by atoms with van der Waals surface area (Å²) >= 11 is 0. The Hall–Kier alpha value is -2.13. The van der Waals surface area contributed by atoms with Gasteiger partial charge in [-0.2, -0.15) is 4.99 Å². The Bertz CT molecular complexity index is 788. The van der Waals surface area contributed by atoms with Gasteiger partial charge in [-0.1, -0.05) is 0 Å². The van der Waals surface area contributed by atoms with Gasteiger partial charge in [0.1, 0.15) is 25.1 Å². The molecule has 0 amide bonds. The number of aliphatic imine (C=N–C) groups is 1. The minimum atomic E-state index is -0.958. The minimum Gasteiger partial charge on any atom is -0.491 e. The molecule has 1 aromatic rings. The van der Waals surface area contributed by atoms with Crippen LogP contribution in [0.15, 0.2) is 29.3 Å². The van der Waals surface area contributed by atoms with Crippen molar-refractivity contribution in [2.24, 2.45) is 4.99 Å². The molecule has 3 aliphatic heterocycles. The minimum absolute atomic E-state index is 0.118. The van der Waals surface area contributed by atoms with Gasteiger partial charge in [0.2, 0.25) is 12.2 Å². The van der Waals surface area contributed by atoms with Gasteiger partial charge >= 0.3 is 0 Å². The molecule has 2 unspecified atom stereocenters. The summed E-state index contributed by atoms with van der Waals surface area (Å²) in [6.45, 7) is 7.80. The van der Waals surface area contributed by atoms with Crippen LogP contribution in [-0.4, -0.2) is 80.6 Å². The number of hydrogen-bond donors (Lipinski definition) is 1. The first-order chi connectivity index (χ1) is 14.6. The fourth-order valence-electron chi connectivity index (χ4n) is 3.70. The molecule has 164 valence electrons. The number of aliphatic hydroxyl groups excluding tert-OH is 1. The molecule has 1 saturated heterocycles. The normalized spacial score (nSPS) is 23.4. The Kier molecular flexibility index (Phi) is 6.89. The highest BCUT2D eigenvalue weighted by atomic mass is 16.6. The summed E-state index contributed by atoms with van der Waals surface area (Å²) in [5, 5.41) is 10.5. The molecule has 1 fully saturated rings. The molecule has 1 aromatic carbocycles. The molecule has 30 heavy (non-hydrogen) atoms. The van der Waals surface area contributed by atoms with Gasteiger partial charge in [0.25, 0.3) is 0 Å². The van der Waals surface area contributed by atoms with E-state index in [1.54, 1.807) is 0 Å². The highest BCUT2D eigenvalue weighted by Crippen LogP contribution is 2.34. The van der Waals surface area contributed by atoms with E-state index in [1.165, 1.54) is 5.56 Å². The number of nitrogens with zero attached hydrogens (tertiary/aromatic N) is 2. The van der Waals surface area contributed by atoms with Crippen molar-refractivity contribution >= 4 is 11.6 Å². The lowest BCUT2D eigenvalue weighted by atomic mass is 9.95. The van der Waals surface area contributed by atoms with Crippen LogP contribution >= 0.6 is 0 Å². The summed E-state index contributed by atoms with van der Waals surface area (Å²) in [5.74, 6) is 1.23. The topological polar surface area (TPSA) is 82.0 Å². The lowest BCUT2D eigenvalue weighted by molar-refractivity contribution is -0.103. The van der Waals surface area contributed by atoms with E-state index in [1.807, 2.05) is 37.0 Å². The van der Waals surface area contributed by atoms with Gasteiger partial charge in [0.05, 0.1) is 38.2 Å². The van der Waals surface area contributed by atoms with Crippen molar-refractivity contribution in [1.82, 2.24) is 4.90 Å². The average molecular weight is 418 g/mol. The lowest BCUT2D eigenvalue weighted by Crippen LogP contribution is -2.41. The van der Waals surface area contributed by atoms with Crippen molar-refractivity contribution in [3.63, 3.8) is 0 Å². The molecular formula is C22H30N2O6. The fourth-order valence-corrected chi connectivity index (χ4v) is 3.70. The molecule has 2 atom stereocenters. The van der Waals surface area contributed by atoms with Crippen LogP contribution in [0, 0.1) is 0 Å². The van der Waals surface area contributed by atoms with Crippen LogP contribution in [-0.2, 0) is 25.4 Å². The van der Waals surface area contributed by atoms with Gasteiger partial charge in [-0.15, -0.1) is 0 Å². The molecule has 1 N–H and O–H groups in total.